The third kappa shape index (κ3) is 6.67. The number of halogens is 6. The van der Waals surface area contributed by atoms with Crippen molar-refractivity contribution in [2.45, 2.75) is 35.6 Å². The fourth-order valence-corrected chi connectivity index (χ4v) is 5.98. The zero-order valence-electron chi connectivity index (χ0n) is 21.9. The highest BCUT2D eigenvalue weighted by atomic mass is 32.2. The molecule has 0 aliphatic carbocycles. The predicted molar refractivity (Wildman–Crippen MR) is 145 cm³/mol. The smallest absolute Gasteiger partial charge is 0.475 e. The van der Waals surface area contributed by atoms with Crippen LogP contribution in [0, 0.1) is 0 Å². The molecule has 2 aromatic carbocycles. The number of carboxylic acid groups (broad SMARTS) is 1. The van der Waals surface area contributed by atoms with E-state index in [0.29, 0.717) is 0 Å². The van der Waals surface area contributed by atoms with E-state index < -0.39 is 50.4 Å². The number of anilines is 1. The molecule has 0 spiro atoms. The number of benzene rings is 2. The summed E-state index contributed by atoms with van der Waals surface area (Å²) in [6.07, 6.45) is -1.72. The lowest BCUT2D eigenvalue weighted by Crippen LogP contribution is -2.36. The molecule has 2 aromatic heterocycles. The number of sulfone groups is 1. The summed E-state index contributed by atoms with van der Waals surface area (Å²) in [6.45, 7) is 0.108. The number of amides is 3. The van der Waals surface area contributed by atoms with Crippen LogP contribution in [0.15, 0.2) is 83.3 Å². The fourth-order valence-electron chi connectivity index (χ4n) is 4.24. The van der Waals surface area contributed by atoms with Gasteiger partial charge in [-0.05, 0) is 64.4 Å². The number of imide groups is 1. The van der Waals surface area contributed by atoms with E-state index in [-0.39, 0.29) is 18.7 Å². The summed E-state index contributed by atoms with van der Waals surface area (Å²) in [6, 6.07) is 13.1. The van der Waals surface area contributed by atoms with E-state index in [0.717, 1.165) is 50.4 Å². The first-order chi connectivity index (χ1) is 20.5. The van der Waals surface area contributed by atoms with Gasteiger partial charge in [0.15, 0.2) is 0 Å². The van der Waals surface area contributed by atoms with Gasteiger partial charge in [-0.2, -0.15) is 26.3 Å². The van der Waals surface area contributed by atoms with Crippen molar-refractivity contribution in [2.75, 3.05) is 4.90 Å². The van der Waals surface area contributed by atoms with Gasteiger partial charge in [-0.3, -0.25) is 9.78 Å². The number of hydrogen-bond acceptors (Lipinski definition) is 7. The maximum absolute atomic E-state index is 13.6. The van der Waals surface area contributed by atoms with Crippen LogP contribution in [0.5, 0.6) is 0 Å². The first kappa shape index (κ1) is 32.4. The molecule has 1 aliphatic heterocycles. The van der Waals surface area contributed by atoms with Crippen molar-refractivity contribution in [2.24, 2.45) is 0 Å². The van der Waals surface area contributed by atoms with Gasteiger partial charge < -0.3 is 10.0 Å². The van der Waals surface area contributed by atoms with Crippen molar-refractivity contribution >= 4 is 54.9 Å². The highest BCUT2D eigenvalue weighted by molar-refractivity contribution is 7.92. The molecular weight excluding hydrogens is 640 g/mol. The Morgan fingerprint density at radius 2 is 1.52 bits per heavy atom. The Hall–Kier alpha value is -4.51. The minimum Gasteiger partial charge on any atom is -0.475 e. The molecule has 0 bridgehead atoms. The van der Waals surface area contributed by atoms with E-state index in [4.69, 9.17) is 9.90 Å². The topological polar surface area (TPSA) is 125 Å². The van der Waals surface area contributed by atoms with E-state index in [1.54, 1.807) is 24.5 Å². The monoisotopic (exact) mass is 659 g/mol. The largest absolute Gasteiger partial charge is 0.501 e. The number of aromatic nitrogens is 1. The Balaban J connectivity index is 0.000000566. The summed E-state index contributed by atoms with van der Waals surface area (Å²) in [7, 11) is -5.56. The van der Waals surface area contributed by atoms with Crippen molar-refractivity contribution in [1.82, 2.24) is 9.88 Å². The molecule has 1 fully saturated rings. The second-order valence-corrected chi connectivity index (χ2v) is 12.0. The molecule has 9 nitrogen and oxygen atoms in total. The van der Waals surface area contributed by atoms with Crippen LogP contribution in [0.25, 0.3) is 10.1 Å². The Kier molecular flexibility index (Phi) is 9.01. The lowest BCUT2D eigenvalue weighted by molar-refractivity contribution is -0.192. The molecule has 0 radical (unpaired) electrons. The lowest BCUT2D eigenvalue weighted by Gasteiger charge is -2.22. The van der Waals surface area contributed by atoms with Crippen LogP contribution in [0.3, 0.4) is 0 Å². The van der Waals surface area contributed by atoms with E-state index >= 15 is 0 Å². The number of nitrogens with zero attached hydrogens (tertiary/aromatic N) is 3. The van der Waals surface area contributed by atoms with Crippen LogP contribution in [0.4, 0.5) is 36.8 Å². The van der Waals surface area contributed by atoms with Crippen molar-refractivity contribution in [3.05, 3.63) is 89.6 Å². The van der Waals surface area contributed by atoms with Crippen LogP contribution in [0.2, 0.25) is 0 Å². The summed E-state index contributed by atoms with van der Waals surface area (Å²) in [5, 5.41) is 10.0. The average molecular weight is 660 g/mol. The number of thiophene rings is 1. The van der Waals surface area contributed by atoms with Crippen LogP contribution in [-0.2, 0) is 32.4 Å². The van der Waals surface area contributed by atoms with Crippen molar-refractivity contribution in [3.63, 3.8) is 0 Å². The normalized spacial score (nSPS) is 15.8. The molecule has 232 valence electrons. The van der Waals surface area contributed by atoms with Gasteiger partial charge in [0.05, 0.1) is 10.6 Å². The number of fused-ring (bicyclic) bond motifs is 1. The Morgan fingerprint density at radius 3 is 2.09 bits per heavy atom. The Labute approximate surface area is 248 Å². The number of carbonyl (C=O) groups excluding carboxylic acids is 2. The Bertz CT molecular complexity index is 1790. The summed E-state index contributed by atoms with van der Waals surface area (Å²) in [5.41, 5.74) is -3.86. The molecule has 44 heavy (non-hydrogen) atoms. The molecule has 0 unspecified atom stereocenters. The van der Waals surface area contributed by atoms with Gasteiger partial charge in [0.1, 0.15) is 6.04 Å². The van der Waals surface area contributed by atoms with Crippen molar-refractivity contribution in [1.29, 1.82) is 0 Å². The zero-order chi connectivity index (χ0) is 32.4. The summed E-state index contributed by atoms with van der Waals surface area (Å²) in [4.78, 5) is 41.2. The second-order valence-electron chi connectivity index (χ2n) is 9.16. The fraction of sp³-hybridized carbons (Fsp3) is 0.185. The van der Waals surface area contributed by atoms with Gasteiger partial charge >= 0.3 is 23.7 Å². The van der Waals surface area contributed by atoms with E-state index in [2.05, 4.69) is 4.98 Å². The van der Waals surface area contributed by atoms with Gasteiger partial charge in [0.25, 0.3) is 15.7 Å². The maximum atomic E-state index is 13.6. The number of carboxylic acids is 1. The van der Waals surface area contributed by atoms with Gasteiger partial charge in [0, 0.05) is 30.1 Å². The number of carbonyl (C=O) groups is 3. The average Bonchev–Trinajstić information content (AvgIpc) is 3.47. The first-order valence-corrected chi connectivity index (χ1v) is 14.6. The summed E-state index contributed by atoms with van der Waals surface area (Å²) < 4.78 is 95.0. The van der Waals surface area contributed by atoms with Gasteiger partial charge in [-0.15, -0.1) is 11.3 Å². The number of rotatable bonds is 6. The molecule has 1 saturated heterocycles. The number of alkyl halides is 6. The SMILES string of the molecule is O=C(O)C(F)(F)F.O=C1[C@@H](Cc2csc3ccccc23)N(Cc2ccncc2)C(=O)N1c1ccc(S(=O)(=O)C(F)(F)F)cc1. The lowest BCUT2D eigenvalue weighted by atomic mass is 10.0. The molecule has 17 heteroatoms. The summed E-state index contributed by atoms with van der Waals surface area (Å²) >= 11 is 1.52. The summed E-state index contributed by atoms with van der Waals surface area (Å²) in [5.74, 6) is -3.31. The van der Waals surface area contributed by atoms with Crippen LogP contribution < -0.4 is 4.90 Å². The van der Waals surface area contributed by atoms with Crippen LogP contribution in [-0.4, -0.2) is 59.0 Å². The van der Waals surface area contributed by atoms with Crippen molar-refractivity contribution in [3.8, 4) is 0 Å². The van der Waals surface area contributed by atoms with Crippen LogP contribution >= 0.6 is 11.3 Å². The maximum Gasteiger partial charge on any atom is 0.501 e. The number of urea groups is 1. The molecule has 1 N–H and O–H groups in total. The molecular formula is C27H19F6N3O6S2. The standard InChI is InChI=1S/C25H18F3N3O4S2.C2HF3O2/c26-25(27,28)37(34,35)19-7-5-18(6-8-19)31-23(32)21(13-17-15-36-22-4-2-1-3-20(17)22)30(24(31)33)14-16-9-11-29-12-10-16;3-2(4,5)1(6)7/h1-12,15,21H,13-14H2;(H,6,7)/t21-;/m1./s1. The highest BCUT2D eigenvalue weighted by Crippen LogP contribution is 2.35. The molecule has 1 atom stereocenters. The Morgan fingerprint density at radius 1 is 0.932 bits per heavy atom. The molecule has 5 rings (SSSR count). The van der Waals surface area contributed by atoms with Gasteiger partial charge in [0.2, 0.25) is 0 Å². The number of hydrogen-bond donors (Lipinski definition) is 1. The van der Waals surface area contributed by atoms with Gasteiger partial charge in [-0.25, -0.2) is 22.9 Å². The van der Waals surface area contributed by atoms with Crippen LogP contribution in [0.1, 0.15) is 11.1 Å². The predicted octanol–water partition coefficient (Wildman–Crippen LogP) is 5.80. The molecule has 4 aromatic rings. The highest BCUT2D eigenvalue weighted by Gasteiger charge is 2.48. The van der Waals surface area contributed by atoms with E-state index in [1.165, 1.54) is 16.2 Å². The minimum absolute atomic E-state index is 0.0199. The van der Waals surface area contributed by atoms with E-state index in [1.807, 2.05) is 29.6 Å². The minimum atomic E-state index is -5.56. The molecule has 3 amide bonds. The number of pyridine rings is 1. The third-order valence-corrected chi connectivity index (χ3v) is 8.86. The molecule has 0 saturated carbocycles. The zero-order valence-corrected chi connectivity index (χ0v) is 23.5. The van der Waals surface area contributed by atoms with Gasteiger partial charge in [-0.1, -0.05) is 18.2 Å². The second kappa shape index (κ2) is 12.2. The quantitative estimate of drug-likeness (QED) is 0.205. The number of aliphatic carboxylic acids is 1. The van der Waals surface area contributed by atoms with Crippen molar-refractivity contribution < 1.29 is 54.3 Å². The molecule has 1 aliphatic rings. The molecule has 3 heterocycles. The van der Waals surface area contributed by atoms with E-state index in [9.17, 15) is 44.3 Å². The third-order valence-electron chi connectivity index (χ3n) is 6.35. The first-order valence-electron chi connectivity index (χ1n) is 12.2.